The number of carbonyl (C=O) groups is 1. The van der Waals surface area contributed by atoms with Crippen LogP contribution in [-0.2, 0) is 4.79 Å². The number of rotatable bonds is 8. The highest BCUT2D eigenvalue weighted by Crippen LogP contribution is 2.29. The van der Waals surface area contributed by atoms with E-state index in [2.05, 4.69) is 15.5 Å². The Balaban J connectivity index is 1.95. The van der Waals surface area contributed by atoms with Crippen LogP contribution in [0.25, 0.3) is 22.4 Å². The van der Waals surface area contributed by atoms with Gasteiger partial charge in [-0.3, -0.25) is 14.2 Å². The molecule has 3 heterocycles. The summed E-state index contributed by atoms with van der Waals surface area (Å²) >= 11 is 0. The van der Waals surface area contributed by atoms with E-state index in [1.54, 1.807) is 10.6 Å². The number of fused-ring (bicyclic) bond motifs is 1. The van der Waals surface area contributed by atoms with Crippen LogP contribution in [0.5, 0.6) is 0 Å². The van der Waals surface area contributed by atoms with Crippen molar-refractivity contribution in [1.82, 2.24) is 19.7 Å². The fourth-order valence-corrected chi connectivity index (χ4v) is 4.01. The molecule has 9 heteroatoms. The van der Waals surface area contributed by atoms with Gasteiger partial charge in [0.15, 0.2) is 11.5 Å². The van der Waals surface area contributed by atoms with Crippen molar-refractivity contribution in [3.63, 3.8) is 0 Å². The zero-order chi connectivity index (χ0) is 23.5. The number of hydrogen-bond donors (Lipinski definition) is 2. The molecule has 0 spiro atoms. The van der Waals surface area contributed by atoms with E-state index in [9.17, 15) is 9.59 Å². The van der Waals surface area contributed by atoms with Crippen LogP contribution in [0.2, 0.25) is 0 Å². The van der Waals surface area contributed by atoms with E-state index in [0.717, 1.165) is 11.1 Å². The lowest BCUT2D eigenvalue weighted by molar-refractivity contribution is -0.136. The first kappa shape index (κ1) is 22.2. The number of carboxylic acids is 1. The molecule has 0 aliphatic rings. The average Bonchev–Trinajstić information content (AvgIpc) is 3.14. The molecule has 170 valence electrons. The first-order valence-electron chi connectivity index (χ1n) is 10.8. The number of nitrogens with one attached hydrogen (secondary N) is 1. The number of aliphatic carboxylic acids is 1. The molecule has 1 aromatic carbocycles. The van der Waals surface area contributed by atoms with Crippen molar-refractivity contribution < 1.29 is 14.4 Å². The maximum atomic E-state index is 13.6. The molecule has 1 atom stereocenters. The van der Waals surface area contributed by atoms with Gasteiger partial charge in [-0.1, -0.05) is 42.4 Å². The summed E-state index contributed by atoms with van der Waals surface area (Å²) in [6.45, 7) is 5.76. The van der Waals surface area contributed by atoms with Crippen molar-refractivity contribution in [2.75, 3.05) is 11.9 Å². The maximum absolute atomic E-state index is 13.6. The number of pyridine rings is 1. The summed E-state index contributed by atoms with van der Waals surface area (Å²) in [6, 6.07) is 13.1. The predicted molar refractivity (Wildman–Crippen MR) is 124 cm³/mol. The fourth-order valence-electron chi connectivity index (χ4n) is 4.01. The molecule has 0 saturated carbocycles. The Morgan fingerprint density at radius 2 is 1.91 bits per heavy atom. The van der Waals surface area contributed by atoms with Crippen molar-refractivity contribution in [3.8, 4) is 11.3 Å². The third-order valence-electron chi connectivity index (χ3n) is 5.54. The Morgan fingerprint density at radius 3 is 2.55 bits per heavy atom. The lowest BCUT2D eigenvalue weighted by atomic mass is 10.0. The van der Waals surface area contributed by atoms with Gasteiger partial charge in [-0.25, -0.2) is 9.97 Å². The summed E-state index contributed by atoms with van der Waals surface area (Å²) in [6.07, 6.45) is 0.521. The Bertz CT molecular complexity index is 1340. The van der Waals surface area contributed by atoms with Crippen LogP contribution in [0.4, 0.5) is 5.82 Å². The van der Waals surface area contributed by atoms with E-state index < -0.39 is 5.97 Å². The molecule has 4 aromatic rings. The minimum atomic E-state index is -0.954. The maximum Gasteiger partial charge on any atom is 0.305 e. The van der Waals surface area contributed by atoms with Gasteiger partial charge in [-0.2, -0.15) is 0 Å². The van der Waals surface area contributed by atoms with E-state index in [-0.39, 0.29) is 30.4 Å². The molecular formula is C24H25N5O4. The predicted octanol–water partition coefficient (Wildman–Crippen LogP) is 3.95. The molecule has 2 N–H and O–H groups in total. The number of aryl methyl sites for hydroxylation is 2. The van der Waals surface area contributed by atoms with Gasteiger partial charge in [0.05, 0.1) is 29.4 Å². The zero-order valence-corrected chi connectivity index (χ0v) is 18.7. The van der Waals surface area contributed by atoms with Crippen LogP contribution in [0.15, 0.2) is 51.8 Å². The van der Waals surface area contributed by atoms with E-state index >= 15 is 0 Å². The van der Waals surface area contributed by atoms with Crippen molar-refractivity contribution in [2.24, 2.45) is 0 Å². The summed E-state index contributed by atoms with van der Waals surface area (Å²) in [5.74, 6) is -0.210. The first-order chi connectivity index (χ1) is 15.9. The van der Waals surface area contributed by atoms with E-state index in [1.807, 2.05) is 57.2 Å². The van der Waals surface area contributed by atoms with Crippen LogP contribution in [0.3, 0.4) is 0 Å². The SMILES string of the molecule is CC[C@@H](c1ccccc1)n1c(=O)c(NCCC(=O)O)nc2ccc(-c3c(C)noc3C)nc21. The van der Waals surface area contributed by atoms with Crippen LogP contribution < -0.4 is 10.9 Å². The number of hydrogen-bond acceptors (Lipinski definition) is 7. The number of anilines is 1. The molecule has 0 aliphatic heterocycles. The van der Waals surface area contributed by atoms with Crippen molar-refractivity contribution in [3.05, 3.63) is 69.8 Å². The summed E-state index contributed by atoms with van der Waals surface area (Å²) < 4.78 is 6.95. The van der Waals surface area contributed by atoms with E-state index in [4.69, 9.17) is 14.6 Å². The Morgan fingerprint density at radius 1 is 1.15 bits per heavy atom. The first-order valence-corrected chi connectivity index (χ1v) is 10.8. The lowest BCUT2D eigenvalue weighted by Crippen LogP contribution is -2.30. The highest BCUT2D eigenvalue weighted by atomic mass is 16.5. The van der Waals surface area contributed by atoms with Gasteiger partial charge in [0.1, 0.15) is 11.3 Å². The topological polar surface area (TPSA) is 123 Å². The Hall–Kier alpha value is -4.01. The quantitative estimate of drug-likeness (QED) is 0.416. The van der Waals surface area contributed by atoms with Gasteiger partial charge >= 0.3 is 5.97 Å². The second-order valence-corrected chi connectivity index (χ2v) is 7.78. The minimum Gasteiger partial charge on any atom is -0.481 e. The highest BCUT2D eigenvalue weighted by molar-refractivity contribution is 5.78. The fraction of sp³-hybridized carbons (Fsp3) is 0.292. The van der Waals surface area contributed by atoms with Gasteiger partial charge in [0.25, 0.3) is 5.56 Å². The molecule has 33 heavy (non-hydrogen) atoms. The molecule has 0 aliphatic carbocycles. The smallest absolute Gasteiger partial charge is 0.305 e. The normalized spacial score (nSPS) is 12.1. The molecule has 9 nitrogen and oxygen atoms in total. The number of nitrogens with zero attached hydrogens (tertiary/aromatic N) is 4. The van der Waals surface area contributed by atoms with Crippen LogP contribution in [0, 0.1) is 13.8 Å². The van der Waals surface area contributed by atoms with Crippen molar-refractivity contribution in [2.45, 2.75) is 39.7 Å². The van der Waals surface area contributed by atoms with Crippen LogP contribution in [-0.4, -0.2) is 37.3 Å². The molecule has 4 rings (SSSR count). The van der Waals surface area contributed by atoms with Crippen molar-refractivity contribution in [1.29, 1.82) is 0 Å². The van der Waals surface area contributed by atoms with Crippen LogP contribution in [0.1, 0.15) is 42.8 Å². The van der Waals surface area contributed by atoms with Gasteiger partial charge < -0.3 is 14.9 Å². The zero-order valence-electron chi connectivity index (χ0n) is 18.7. The molecule has 3 aromatic heterocycles. The number of aromatic nitrogens is 4. The third kappa shape index (κ3) is 4.34. The van der Waals surface area contributed by atoms with Crippen molar-refractivity contribution >= 4 is 23.0 Å². The monoisotopic (exact) mass is 447 g/mol. The molecule has 0 radical (unpaired) electrons. The lowest BCUT2D eigenvalue weighted by Gasteiger charge is -2.21. The molecule has 0 bridgehead atoms. The molecule has 0 amide bonds. The summed E-state index contributed by atoms with van der Waals surface area (Å²) in [5.41, 5.74) is 3.72. The largest absolute Gasteiger partial charge is 0.481 e. The minimum absolute atomic E-state index is 0.0931. The Kier molecular flexibility index (Phi) is 6.21. The van der Waals surface area contributed by atoms with Gasteiger partial charge in [0.2, 0.25) is 0 Å². The number of carboxylic acid groups (broad SMARTS) is 1. The third-order valence-corrected chi connectivity index (χ3v) is 5.54. The molecule has 0 unspecified atom stereocenters. The van der Waals surface area contributed by atoms with Gasteiger partial charge in [-0.05, 0) is 38.0 Å². The summed E-state index contributed by atoms with van der Waals surface area (Å²) in [4.78, 5) is 33.8. The average molecular weight is 447 g/mol. The standard InChI is InChI=1S/C24H25N5O4/c1-4-19(16-8-6-5-7-9-16)29-23-18(26-22(24(29)32)25-13-12-20(30)31)11-10-17(27-23)21-14(2)28-33-15(21)3/h5-11,19H,4,12-13H2,1-3H3,(H,25,26)(H,30,31)/t19-/m0/s1. The summed E-state index contributed by atoms with van der Waals surface area (Å²) in [5, 5.41) is 15.9. The molecule has 0 fully saturated rings. The van der Waals surface area contributed by atoms with Crippen LogP contribution >= 0.6 is 0 Å². The Labute approximate surface area is 190 Å². The van der Waals surface area contributed by atoms with Gasteiger partial charge in [-0.15, -0.1) is 0 Å². The van der Waals surface area contributed by atoms with Gasteiger partial charge in [0, 0.05) is 6.54 Å². The van der Waals surface area contributed by atoms with E-state index in [0.29, 0.717) is 34.7 Å². The highest BCUT2D eigenvalue weighted by Gasteiger charge is 2.22. The second-order valence-electron chi connectivity index (χ2n) is 7.78. The second kappa shape index (κ2) is 9.23. The molecule has 0 saturated heterocycles. The van der Waals surface area contributed by atoms with E-state index in [1.165, 1.54) is 0 Å². The summed E-state index contributed by atoms with van der Waals surface area (Å²) in [7, 11) is 0. The molecular weight excluding hydrogens is 422 g/mol. The number of benzene rings is 1.